The van der Waals surface area contributed by atoms with E-state index >= 15 is 0 Å². The van der Waals surface area contributed by atoms with E-state index < -0.39 is 0 Å². The van der Waals surface area contributed by atoms with E-state index in [2.05, 4.69) is 0 Å². The molecule has 3 nitrogen and oxygen atoms in total. The van der Waals surface area contributed by atoms with Crippen molar-refractivity contribution in [3.05, 3.63) is 72.3 Å². The zero-order valence-corrected chi connectivity index (χ0v) is 11.7. The fourth-order valence-corrected chi connectivity index (χ4v) is 2.52. The summed E-state index contributed by atoms with van der Waals surface area (Å²) >= 11 is 0. The number of benzene rings is 3. The van der Waals surface area contributed by atoms with Crippen molar-refractivity contribution in [2.24, 2.45) is 0 Å². The number of fused-ring (bicyclic) bond motifs is 3. The van der Waals surface area contributed by atoms with Gasteiger partial charge in [0.1, 0.15) is 29.0 Å². The first-order chi connectivity index (χ1) is 10.8. The van der Waals surface area contributed by atoms with Gasteiger partial charge in [-0.3, -0.25) is 4.79 Å². The van der Waals surface area contributed by atoms with Crippen LogP contribution in [0.3, 0.4) is 0 Å². The number of rotatable bonds is 3. The summed E-state index contributed by atoms with van der Waals surface area (Å²) in [5.74, 6) is 1.43. The molecular formula is C19H12O3. The molecule has 0 saturated carbocycles. The van der Waals surface area contributed by atoms with Gasteiger partial charge in [-0.25, -0.2) is 0 Å². The molecule has 0 radical (unpaired) electrons. The predicted octanol–water partition coefficient (Wildman–Crippen LogP) is 5.19. The van der Waals surface area contributed by atoms with Gasteiger partial charge in [0.25, 0.3) is 0 Å². The van der Waals surface area contributed by atoms with Crippen LogP contribution in [0, 0.1) is 0 Å². The molecule has 3 aromatic carbocycles. The SMILES string of the molecule is O=Cc1ccc(Oc2ccc3oc4ccccc4c3c2)cc1. The minimum Gasteiger partial charge on any atom is -0.457 e. The molecule has 1 heterocycles. The molecule has 0 aliphatic rings. The summed E-state index contributed by atoms with van der Waals surface area (Å²) in [5, 5.41) is 2.09. The van der Waals surface area contributed by atoms with Gasteiger partial charge in [0.2, 0.25) is 0 Å². The number of carbonyl (C=O) groups is 1. The molecule has 0 saturated heterocycles. The maximum Gasteiger partial charge on any atom is 0.150 e. The van der Waals surface area contributed by atoms with Gasteiger partial charge < -0.3 is 9.15 Å². The number of carbonyl (C=O) groups excluding carboxylic acids is 1. The van der Waals surface area contributed by atoms with Gasteiger partial charge in [-0.05, 0) is 48.5 Å². The molecule has 0 fully saturated rings. The third kappa shape index (κ3) is 2.13. The molecule has 3 heteroatoms. The molecule has 0 amide bonds. The molecule has 106 valence electrons. The maximum atomic E-state index is 10.7. The number of hydrogen-bond acceptors (Lipinski definition) is 3. The van der Waals surface area contributed by atoms with Gasteiger partial charge in [0.15, 0.2) is 0 Å². The lowest BCUT2D eigenvalue weighted by Gasteiger charge is -2.05. The summed E-state index contributed by atoms with van der Waals surface area (Å²) < 4.78 is 11.6. The second-order valence-electron chi connectivity index (χ2n) is 5.05. The average molecular weight is 288 g/mol. The van der Waals surface area contributed by atoms with Gasteiger partial charge in [-0.2, -0.15) is 0 Å². The summed E-state index contributed by atoms with van der Waals surface area (Å²) in [6, 6.07) is 20.7. The average Bonchev–Trinajstić information content (AvgIpc) is 2.94. The Kier molecular flexibility index (Phi) is 2.90. The quantitative estimate of drug-likeness (QED) is 0.487. The van der Waals surface area contributed by atoms with E-state index in [0.29, 0.717) is 11.3 Å². The molecule has 4 rings (SSSR count). The van der Waals surface area contributed by atoms with Crippen LogP contribution in [0.25, 0.3) is 21.9 Å². The number of furan rings is 1. The van der Waals surface area contributed by atoms with Crippen LogP contribution < -0.4 is 4.74 Å². The first-order valence-electron chi connectivity index (χ1n) is 6.98. The lowest BCUT2D eigenvalue weighted by Crippen LogP contribution is -1.85. The Balaban J connectivity index is 1.74. The Bertz CT molecular complexity index is 965. The van der Waals surface area contributed by atoms with E-state index in [1.165, 1.54) is 0 Å². The van der Waals surface area contributed by atoms with Crippen LogP contribution >= 0.6 is 0 Å². The summed E-state index contributed by atoms with van der Waals surface area (Å²) in [6.45, 7) is 0. The summed E-state index contributed by atoms with van der Waals surface area (Å²) in [6.07, 6.45) is 0.813. The Morgan fingerprint density at radius 2 is 1.50 bits per heavy atom. The fraction of sp³-hybridized carbons (Fsp3) is 0. The lowest BCUT2D eigenvalue weighted by molar-refractivity contribution is 0.112. The van der Waals surface area contributed by atoms with Gasteiger partial charge >= 0.3 is 0 Å². The van der Waals surface area contributed by atoms with Crippen molar-refractivity contribution >= 4 is 28.2 Å². The third-order valence-corrected chi connectivity index (χ3v) is 3.60. The summed E-state index contributed by atoms with van der Waals surface area (Å²) in [5.41, 5.74) is 2.33. The number of ether oxygens (including phenoxy) is 1. The predicted molar refractivity (Wildman–Crippen MR) is 85.6 cm³/mol. The van der Waals surface area contributed by atoms with Crippen molar-refractivity contribution in [2.75, 3.05) is 0 Å². The highest BCUT2D eigenvalue weighted by atomic mass is 16.5. The molecule has 0 aliphatic heterocycles. The molecular weight excluding hydrogens is 276 g/mol. The zero-order valence-electron chi connectivity index (χ0n) is 11.7. The second kappa shape index (κ2) is 5.04. The van der Waals surface area contributed by atoms with Crippen LogP contribution in [-0.4, -0.2) is 6.29 Å². The Morgan fingerprint density at radius 3 is 2.32 bits per heavy atom. The van der Waals surface area contributed by atoms with Crippen LogP contribution in [0.4, 0.5) is 0 Å². The Labute approximate surface area is 126 Å². The molecule has 0 unspecified atom stereocenters. The third-order valence-electron chi connectivity index (χ3n) is 3.60. The lowest BCUT2D eigenvalue weighted by atomic mass is 10.1. The minimum absolute atomic E-state index is 0.628. The largest absolute Gasteiger partial charge is 0.457 e. The topological polar surface area (TPSA) is 39.4 Å². The Morgan fingerprint density at radius 1 is 0.773 bits per heavy atom. The normalized spacial score (nSPS) is 10.9. The van der Waals surface area contributed by atoms with E-state index in [-0.39, 0.29) is 0 Å². The molecule has 0 bridgehead atoms. The maximum absolute atomic E-state index is 10.7. The molecule has 0 N–H and O–H groups in total. The van der Waals surface area contributed by atoms with Crippen molar-refractivity contribution < 1.29 is 13.9 Å². The van der Waals surface area contributed by atoms with Gasteiger partial charge in [-0.15, -0.1) is 0 Å². The highest BCUT2D eigenvalue weighted by Crippen LogP contribution is 2.32. The highest BCUT2D eigenvalue weighted by Gasteiger charge is 2.07. The Hall–Kier alpha value is -3.07. The standard InChI is InChI=1S/C19H12O3/c20-12-13-5-7-14(8-6-13)21-15-9-10-19-17(11-15)16-3-1-2-4-18(16)22-19/h1-12H. The molecule has 4 aromatic rings. The molecule has 22 heavy (non-hydrogen) atoms. The number of aldehydes is 1. The molecule has 1 aromatic heterocycles. The van der Waals surface area contributed by atoms with Crippen LogP contribution in [-0.2, 0) is 0 Å². The van der Waals surface area contributed by atoms with Crippen molar-refractivity contribution in [1.29, 1.82) is 0 Å². The van der Waals surface area contributed by atoms with E-state index in [0.717, 1.165) is 34.0 Å². The highest BCUT2D eigenvalue weighted by molar-refractivity contribution is 6.05. The van der Waals surface area contributed by atoms with Crippen LogP contribution in [0.15, 0.2) is 71.1 Å². The van der Waals surface area contributed by atoms with Crippen molar-refractivity contribution in [3.63, 3.8) is 0 Å². The van der Waals surface area contributed by atoms with Gasteiger partial charge in [-0.1, -0.05) is 18.2 Å². The second-order valence-corrected chi connectivity index (χ2v) is 5.05. The van der Waals surface area contributed by atoms with E-state index in [9.17, 15) is 4.79 Å². The zero-order chi connectivity index (χ0) is 14.9. The van der Waals surface area contributed by atoms with Crippen LogP contribution in [0.5, 0.6) is 11.5 Å². The van der Waals surface area contributed by atoms with E-state index in [1.807, 2.05) is 42.5 Å². The van der Waals surface area contributed by atoms with Gasteiger partial charge in [0, 0.05) is 16.3 Å². The summed E-state index contributed by atoms with van der Waals surface area (Å²) in [4.78, 5) is 10.7. The van der Waals surface area contributed by atoms with E-state index in [1.54, 1.807) is 24.3 Å². The number of para-hydroxylation sites is 1. The first-order valence-corrected chi connectivity index (χ1v) is 6.98. The van der Waals surface area contributed by atoms with Crippen molar-refractivity contribution in [1.82, 2.24) is 0 Å². The molecule has 0 atom stereocenters. The smallest absolute Gasteiger partial charge is 0.150 e. The molecule has 0 spiro atoms. The fourth-order valence-electron chi connectivity index (χ4n) is 2.52. The number of hydrogen-bond donors (Lipinski definition) is 0. The molecule has 0 aliphatic carbocycles. The first kappa shape index (κ1) is 12.7. The van der Waals surface area contributed by atoms with Crippen molar-refractivity contribution in [3.8, 4) is 11.5 Å². The van der Waals surface area contributed by atoms with Crippen LogP contribution in [0.2, 0.25) is 0 Å². The van der Waals surface area contributed by atoms with E-state index in [4.69, 9.17) is 9.15 Å². The van der Waals surface area contributed by atoms with Gasteiger partial charge in [0.05, 0.1) is 0 Å². The monoisotopic (exact) mass is 288 g/mol. The van der Waals surface area contributed by atoms with Crippen LogP contribution in [0.1, 0.15) is 10.4 Å². The summed E-state index contributed by atoms with van der Waals surface area (Å²) in [7, 11) is 0. The van der Waals surface area contributed by atoms with Crippen molar-refractivity contribution in [2.45, 2.75) is 0 Å². The minimum atomic E-state index is 0.628.